The van der Waals surface area contributed by atoms with Crippen molar-refractivity contribution in [2.75, 3.05) is 31.8 Å². The first-order valence-corrected chi connectivity index (χ1v) is 24.1. The van der Waals surface area contributed by atoms with Crippen molar-refractivity contribution in [2.24, 2.45) is 0 Å². The van der Waals surface area contributed by atoms with Crippen molar-refractivity contribution in [3.8, 4) is 5.75 Å². The summed E-state index contributed by atoms with van der Waals surface area (Å²) in [5.74, 6) is 0.953. The summed E-state index contributed by atoms with van der Waals surface area (Å²) in [6.07, 6.45) is 16.0. The Morgan fingerprint density at radius 1 is 0.528 bits per heavy atom. The van der Waals surface area contributed by atoms with Gasteiger partial charge in [0, 0.05) is 12.1 Å². The third-order valence-corrected chi connectivity index (χ3v) is 18.6. The van der Waals surface area contributed by atoms with Crippen LogP contribution in [0.2, 0.25) is 0 Å². The fourth-order valence-electron chi connectivity index (χ4n) is 6.89. The molecule has 2 fully saturated rings. The number of hydrogen-bond donors (Lipinski definition) is 0. The van der Waals surface area contributed by atoms with Gasteiger partial charge in [-0.3, -0.25) is 10.1 Å². The Kier molecular flexibility index (Phi) is 17.9. The average molecular weight is 813 g/mol. The van der Waals surface area contributed by atoms with E-state index in [2.05, 4.69) is 84.9 Å². The Hall–Kier alpha value is -2.80. The zero-order valence-electron chi connectivity index (χ0n) is 29.5. The molecule has 0 N–H and O–H groups in total. The lowest BCUT2D eigenvalue weighted by molar-refractivity contribution is -2.00. The van der Waals surface area contributed by atoms with E-state index in [4.69, 9.17) is 42.0 Å². The Morgan fingerprint density at radius 2 is 0.849 bits per heavy atom. The van der Waals surface area contributed by atoms with E-state index < -0.39 is 35.0 Å². The van der Waals surface area contributed by atoms with Crippen molar-refractivity contribution in [1.82, 2.24) is 0 Å². The largest absolute Gasteiger partial charge is 0.497 e. The maximum Gasteiger partial charge on any atom is 0.269 e. The number of methoxy groups -OCH3 is 1. The monoisotopic (exact) mass is 811 g/mol. The predicted molar refractivity (Wildman–Crippen MR) is 187 cm³/mol. The molecule has 53 heavy (non-hydrogen) atoms. The molecular weight excluding hydrogens is 767 g/mol. The highest BCUT2D eigenvalue weighted by Gasteiger charge is 2.42. The molecular formula is C37H45Cl2NO11P2. The van der Waals surface area contributed by atoms with E-state index >= 15 is 0 Å². The molecule has 12 nitrogen and oxygen atoms in total. The summed E-state index contributed by atoms with van der Waals surface area (Å²) in [7, 11) is -10.4. The third kappa shape index (κ3) is 16.6. The highest BCUT2D eigenvalue weighted by molar-refractivity contribution is 7.82. The Morgan fingerprint density at radius 3 is 1.15 bits per heavy atom. The minimum atomic E-state index is -4.94. The van der Waals surface area contributed by atoms with Gasteiger partial charge in [0.05, 0.1) is 74.1 Å². The standard InChI is InChI=1S/C19H24OP.C18H21NO2P.2ClHO4/c1-20-18-12-10-17(11-13-18)16-21(14-6-3-7-15-21)19-8-4-2-5-9-19;20-19(21)17-11-9-16(10-12-17)15-22(13-5-2-6-14-22)18-7-3-1-4-8-18;2*2-1(3,4)5/h2,4-5,8-13H,3,6-7,14-16H2,1H3;1,3-4,7-12H,2,5-6,13-15H2;2*(H,2,3,4,5)/q2*+1;;/p-2. The molecule has 0 aliphatic carbocycles. The molecule has 0 spiro atoms. The van der Waals surface area contributed by atoms with E-state index in [9.17, 15) is 10.1 Å². The summed E-state index contributed by atoms with van der Waals surface area (Å²) in [6, 6.07) is 38.1. The molecule has 2 heterocycles. The topological polar surface area (TPSA) is 237 Å². The molecule has 0 atom stereocenters. The molecule has 288 valence electrons. The molecule has 0 unspecified atom stereocenters. The molecule has 0 amide bonds. The van der Waals surface area contributed by atoms with Gasteiger partial charge < -0.3 is 4.74 Å². The smallest absolute Gasteiger partial charge is 0.269 e. The number of benzene rings is 4. The van der Waals surface area contributed by atoms with Crippen molar-refractivity contribution in [3.05, 3.63) is 130 Å². The maximum absolute atomic E-state index is 10.8. The number of ether oxygens (including phenoxy) is 1. The van der Waals surface area contributed by atoms with Crippen LogP contribution in [0.25, 0.3) is 0 Å². The van der Waals surface area contributed by atoms with E-state index in [-0.39, 0.29) is 10.6 Å². The lowest BCUT2D eigenvalue weighted by atomic mass is 10.2. The van der Waals surface area contributed by atoms with Crippen LogP contribution in [0.4, 0.5) is 5.69 Å². The molecule has 4 aromatic carbocycles. The quantitative estimate of drug-likeness (QED) is 0.129. The highest BCUT2D eigenvalue weighted by Crippen LogP contribution is 2.64. The van der Waals surface area contributed by atoms with Gasteiger partial charge in [-0.15, -0.1) is 20.5 Å². The fraction of sp³-hybridized carbons (Fsp3) is 0.351. The van der Waals surface area contributed by atoms with Crippen LogP contribution in [0.15, 0.2) is 109 Å². The summed E-state index contributed by atoms with van der Waals surface area (Å²) in [6.45, 7) is 0. The lowest BCUT2D eigenvalue weighted by Gasteiger charge is -2.31. The van der Waals surface area contributed by atoms with Crippen LogP contribution in [-0.2, 0) is 12.3 Å². The summed E-state index contributed by atoms with van der Waals surface area (Å²) in [5.41, 5.74) is 2.89. The van der Waals surface area contributed by atoms with Gasteiger partial charge in [0.1, 0.15) is 5.75 Å². The van der Waals surface area contributed by atoms with Crippen molar-refractivity contribution in [2.45, 2.75) is 50.8 Å². The second kappa shape index (κ2) is 21.3. The fourth-order valence-corrected chi connectivity index (χ4v) is 16.1. The molecule has 0 radical (unpaired) electrons. The van der Waals surface area contributed by atoms with Gasteiger partial charge in [0.25, 0.3) is 5.69 Å². The van der Waals surface area contributed by atoms with E-state index in [1.54, 1.807) is 24.5 Å². The number of non-ortho nitro benzene ring substituents is 1. The summed E-state index contributed by atoms with van der Waals surface area (Å²) < 4.78 is 73.2. The van der Waals surface area contributed by atoms with Gasteiger partial charge in [0.15, 0.2) is 0 Å². The third-order valence-electron chi connectivity index (χ3n) is 9.23. The van der Waals surface area contributed by atoms with E-state index in [0.717, 1.165) is 11.9 Å². The molecule has 6 rings (SSSR count). The first kappa shape index (κ1) is 44.6. The summed E-state index contributed by atoms with van der Waals surface area (Å²) >= 11 is 0. The lowest BCUT2D eigenvalue weighted by Crippen LogP contribution is -2.68. The van der Waals surface area contributed by atoms with Gasteiger partial charge in [-0.1, -0.05) is 48.5 Å². The van der Waals surface area contributed by atoms with Gasteiger partial charge in [0.2, 0.25) is 0 Å². The van der Waals surface area contributed by atoms with Crippen LogP contribution in [0.3, 0.4) is 0 Å². The summed E-state index contributed by atoms with van der Waals surface area (Å²) in [5, 5.41) is 13.9. The predicted octanol–water partition coefficient (Wildman–Crippen LogP) is -0.168. The Balaban J connectivity index is 0.000000228. The van der Waals surface area contributed by atoms with Crippen LogP contribution in [0.1, 0.15) is 49.7 Å². The minimum Gasteiger partial charge on any atom is -0.497 e. The Bertz CT molecular complexity index is 1610. The van der Waals surface area contributed by atoms with Gasteiger partial charge >= 0.3 is 0 Å². The first-order chi connectivity index (χ1) is 25.0. The molecule has 2 saturated heterocycles. The van der Waals surface area contributed by atoms with Crippen molar-refractivity contribution >= 4 is 30.8 Å². The highest BCUT2D eigenvalue weighted by atomic mass is 35.7. The normalized spacial score (nSPS) is 16.2. The number of nitrogens with zero attached hydrogens (tertiary/aromatic N) is 1. The zero-order chi connectivity index (χ0) is 39.0. The van der Waals surface area contributed by atoms with Crippen molar-refractivity contribution < 1.29 is 67.4 Å². The number of nitro groups is 1. The Labute approximate surface area is 316 Å². The van der Waals surface area contributed by atoms with Gasteiger partial charge in [-0.2, -0.15) is 0 Å². The SMILES string of the molecule is COc1ccc(C[P+]2(c3ccccc3)CCCCC2)cc1.O=[N+]([O-])c1ccc(C[P+]2(c3ccccc3)CCCCC2)cc1.[O-][Cl+3]([O-])([O-])[O-].[O-][Cl+3]([O-])([O-])[O-]. The maximum atomic E-state index is 10.8. The average Bonchev–Trinajstić information content (AvgIpc) is 3.13. The van der Waals surface area contributed by atoms with Gasteiger partial charge in [-0.25, -0.2) is 37.3 Å². The first-order valence-electron chi connectivity index (χ1n) is 17.0. The molecule has 0 aromatic heterocycles. The van der Waals surface area contributed by atoms with Crippen LogP contribution in [0.5, 0.6) is 5.75 Å². The van der Waals surface area contributed by atoms with E-state index in [0.29, 0.717) is 0 Å². The number of halogens is 2. The number of nitro benzene ring substituents is 1. The van der Waals surface area contributed by atoms with Crippen molar-refractivity contribution in [3.63, 3.8) is 0 Å². The molecule has 0 bridgehead atoms. The molecule has 2 aliphatic rings. The molecule has 0 saturated carbocycles. The molecule has 16 heteroatoms. The number of rotatable bonds is 8. The number of hydrogen-bond acceptors (Lipinski definition) is 11. The summed E-state index contributed by atoms with van der Waals surface area (Å²) in [4.78, 5) is 10.5. The van der Waals surface area contributed by atoms with Gasteiger partial charge in [-0.05, 0) is 98.2 Å². The minimum absolute atomic E-state index is 0.180. The van der Waals surface area contributed by atoms with Crippen LogP contribution >= 0.6 is 14.5 Å². The van der Waals surface area contributed by atoms with Crippen LogP contribution in [-0.4, -0.2) is 36.7 Å². The van der Waals surface area contributed by atoms with E-state index in [1.807, 2.05) is 12.1 Å². The van der Waals surface area contributed by atoms with Crippen LogP contribution < -0.4 is 52.6 Å². The van der Waals surface area contributed by atoms with E-state index in [1.165, 1.54) is 85.8 Å². The second-order valence-electron chi connectivity index (χ2n) is 12.8. The molecule has 4 aromatic rings. The zero-order valence-corrected chi connectivity index (χ0v) is 32.8. The molecule has 2 aliphatic heterocycles. The van der Waals surface area contributed by atoms with Crippen LogP contribution in [0, 0.1) is 30.6 Å². The van der Waals surface area contributed by atoms with Crippen molar-refractivity contribution in [1.29, 1.82) is 0 Å². The second-order valence-corrected chi connectivity index (χ2v) is 22.4.